The molecule has 4 heteroatoms. The average molecular weight is 213 g/mol. The largest absolute Gasteiger partial charge is 0.330 e. The van der Waals surface area contributed by atoms with Crippen molar-refractivity contribution in [2.45, 2.75) is 26.8 Å². The average Bonchev–Trinajstić information content (AvgIpc) is 2.70. The fourth-order valence-corrected chi connectivity index (χ4v) is 1.74. The Balaban J connectivity index is 2.27. The van der Waals surface area contributed by atoms with Gasteiger partial charge in [-0.1, -0.05) is 13.8 Å². The van der Waals surface area contributed by atoms with Crippen LogP contribution in [0.15, 0.2) is 11.6 Å². The van der Waals surface area contributed by atoms with E-state index < -0.39 is 0 Å². The lowest BCUT2D eigenvalue weighted by Crippen LogP contribution is -2.37. The summed E-state index contributed by atoms with van der Waals surface area (Å²) in [4.78, 5) is 4.21. The van der Waals surface area contributed by atoms with Gasteiger partial charge in [0.2, 0.25) is 0 Å². The zero-order chi connectivity index (χ0) is 10.4. The lowest BCUT2D eigenvalue weighted by atomic mass is 9.88. The summed E-state index contributed by atoms with van der Waals surface area (Å²) in [5.74, 6) is 0. The van der Waals surface area contributed by atoms with Crippen LogP contribution in [0.1, 0.15) is 25.3 Å². The number of hydrogen-bond acceptors (Lipinski definition) is 4. The maximum atomic E-state index is 5.72. The summed E-state index contributed by atoms with van der Waals surface area (Å²) in [7, 11) is 0. The Kier molecular flexibility index (Phi) is 4.51. The molecule has 0 radical (unpaired) electrons. The van der Waals surface area contributed by atoms with Crippen molar-refractivity contribution in [2.75, 3.05) is 13.1 Å². The summed E-state index contributed by atoms with van der Waals surface area (Å²) in [5, 5.41) is 6.54. The predicted molar refractivity (Wildman–Crippen MR) is 61.3 cm³/mol. The molecule has 1 atom stereocenters. The summed E-state index contributed by atoms with van der Waals surface area (Å²) in [6.07, 6.45) is 2.94. The van der Waals surface area contributed by atoms with Crippen molar-refractivity contribution in [3.05, 3.63) is 16.6 Å². The highest BCUT2D eigenvalue weighted by Gasteiger charge is 2.19. The first-order chi connectivity index (χ1) is 6.70. The van der Waals surface area contributed by atoms with E-state index in [9.17, 15) is 0 Å². The number of aromatic nitrogens is 1. The summed E-state index contributed by atoms with van der Waals surface area (Å²) < 4.78 is 0. The van der Waals surface area contributed by atoms with E-state index in [1.54, 1.807) is 11.3 Å². The molecule has 0 aromatic carbocycles. The molecular formula is C10H19N3S. The van der Waals surface area contributed by atoms with Crippen LogP contribution in [0.25, 0.3) is 0 Å². The van der Waals surface area contributed by atoms with Gasteiger partial charge in [-0.3, -0.25) is 0 Å². The first kappa shape index (κ1) is 11.6. The molecular weight excluding hydrogens is 194 g/mol. The molecule has 0 amide bonds. The Bertz CT molecular complexity index is 242. The normalized spacial score (nSPS) is 15.4. The predicted octanol–water partition coefficient (Wildman–Crippen LogP) is 1.61. The molecule has 0 saturated heterocycles. The molecule has 0 saturated carbocycles. The van der Waals surface area contributed by atoms with E-state index >= 15 is 0 Å². The number of nitrogens with one attached hydrogen (secondary N) is 1. The lowest BCUT2D eigenvalue weighted by molar-refractivity contribution is 0.303. The minimum Gasteiger partial charge on any atom is -0.330 e. The van der Waals surface area contributed by atoms with Crippen molar-refractivity contribution in [3.8, 4) is 0 Å². The number of hydrogen-bond donors (Lipinski definition) is 2. The van der Waals surface area contributed by atoms with E-state index in [0.29, 0.717) is 0 Å². The molecule has 1 heterocycles. The molecule has 14 heavy (non-hydrogen) atoms. The van der Waals surface area contributed by atoms with Crippen LogP contribution in [-0.4, -0.2) is 18.1 Å². The van der Waals surface area contributed by atoms with Crippen LogP contribution in [0, 0.1) is 5.41 Å². The molecule has 1 aromatic heterocycles. The van der Waals surface area contributed by atoms with Gasteiger partial charge in [0.05, 0.1) is 0 Å². The minimum absolute atomic E-state index is 0.220. The summed E-state index contributed by atoms with van der Waals surface area (Å²) in [6, 6.07) is 0. The van der Waals surface area contributed by atoms with Crippen LogP contribution in [0.5, 0.6) is 0 Å². The number of rotatable bonds is 6. The Hall–Kier alpha value is -0.450. The van der Waals surface area contributed by atoms with Crippen molar-refractivity contribution in [3.63, 3.8) is 0 Å². The van der Waals surface area contributed by atoms with Gasteiger partial charge in [-0.15, -0.1) is 11.3 Å². The quantitative estimate of drug-likeness (QED) is 0.755. The van der Waals surface area contributed by atoms with Gasteiger partial charge in [-0.25, -0.2) is 4.98 Å². The maximum Gasteiger partial charge on any atom is 0.106 e. The van der Waals surface area contributed by atoms with Gasteiger partial charge in [0.25, 0.3) is 0 Å². The van der Waals surface area contributed by atoms with Crippen LogP contribution in [0.2, 0.25) is 0 Å². The van der Waals surface area contributed by atoms with E-state index in [1.807, 2.05) is 11.6 Å². The fraction of sp³-hybridized carbons (Fsp3) is 0.700. The molecule has 1 rings (SSSR count). The highest BCUT2D eigenvalue weighted by molar-refractivity contribution is 7.09. The maximum absolute atomic E-state index is 5.72. The van der Waals surface area contributed by atoms with Crippen molar-refractivity contribution >= 4 is 11.3 Å². The monoisotopic (exact) mass is 213 g/mol. The third kappa shape index (κ3) is 3.36. The second-order valence-corrected chi connectivity index (χ2v) is 4.88. The van der Waals surface area contributed by atoms with Crippen molar-refractivity contribution < 1.29 is 0 Å². The van der Waals surface area contributed by atoms with Crippen LogP contribution in [0.3, 0.4) is 0 Å². The number of thiazole rings is 1. The van der Waals surface area contributed by atoms with Gasteiger partial charge in [0.15, 0.2) is 0 Å². The fourth-order valence-electron chi connectivity index (χ4n) is 1.15. The van der Waals surface area contributed by atoms with E-state index in [2.05, 4.69) is 24.1 Å². The van der Waals surface area contributed by atoms with Gasteiger partial charge < -0.3 is 11.1 Å². The van der Waals surface area contributed by atoms with Crippen LogP contribution in [0.4, 0.5) is 0 Å². The molecule has 0 bridgehead atoms. The Morgan fingerprint density at radius 3 is 2.93 bits per heavy atom. The number of nitrogens with zero attached hydrogens (tertiary/aromatic N) is 1. The number of nitrogens with two attached hydrogens (primary N) is 1. The highest BCUT2D eigenvalue weighted by Crippen LogP contribution is 2.17. The zero-order valence-corrected chi connectivity index (χ0v) is 9.73. The molecule has 0 aliphatic carbocycles. The molecule has 3 nitrogen and oxygen atoms in total. The van der Waals surface area contributed by atoms with Gasteiger partial charge in [-0.05, 0) is 18.4 Å². The summed E-state index contributed by atoms with van der Waals surface area (Å²) in [5.41, 5.74) is 5.94. The second kappa shape index (κ2) is 5.44. The topological polar surface area (TPSA) is 50.9 Å². The molecule has 1 aromatic rings. The Labute approximate surface area is 89.7 Å². The Morgan fingerprint density at radius 1 is 1.64 bits per heavy atom. The van der Waals surface area contributed by atoms with E-state index in [1.165, 1.54) is 0 Å². The minimum atomic E-state index is 0.220. The van der Waals surface area contributed by atoms with Gasteiger partial charge >= 0.3 is 0 Å². The van der Waals surface area contributed by atoms with Crippen LogP contribution in [-0.2, 0) is 6.54 Å². The molecule has 0 aliphatic heterocycles. The molecule has 0 aliphatic rings. The zero-order valence-electron chi connectivity index (χ0n) is 8.92. The second-order valence-electron chi connectivity index (χ2n) is 3.90. The van der Waals surface area contributed by atoms with E-state index in [0.717, 1.165) is 31.1 Å². The van der Waals surface area contributed by atoms with Gasteiger partial charge in [-0.2, -0.15) is 0 Å². The molecule has 80 valence electrons. The van der Waals surface area contributed by atoms with E-state index in [-0.39, 0.29) is 5.41 Å². The van der Waals surface area contributed by atoms with E-state index in [4.69, 9.17) is 5.73 Å². The van der Waals surface area contributed by atoms with Gasteiger partial charge in [0.1, 0.15) is 5.01 Å². The smallest absolute Gasteiger partial charge is 0.106 e. The standard InChI is InChI=1S/C10H19N3S/c1-3-10(2,7-11)8-12-6-9-13-4-5-14-9/h4-5,12H,3,6-8,11H2,1-2H3. The van der Waals surface area contributed by atoms with Crippen molar-refractivity contribution in [1.82, 2.24) is 10.3 Å². The Morgan fingerprint density at radius 2 is 2.43 bits per heavy atom. The molecule has 1 unspecified atom stereocenters. The van der Waals surface area contributed by atoms with Crippen LogP contribution >= 0.6 is 11.3 Å². The van der Waals surface area contributed by atoms with Crippen LogP contribution < -0.4 is 11.1 Å². The molecule has 0 spiro atoms. The molecule has 3 N–H and O–H groups in total. The SMILES string of the molecule is CCC(C)(CN)CNCc1nccs1. The summed E-state index contributed by atoms with van der Waals surface area (Å²) in [6.45, 7) is 6.93. The first-order valence-electron chi connectivity index (χ1n) is 4.99. The lowest BCUT2D eigenvalue weighted by Gasteiger charge is -2.26. The first-order valence-corrected chi connectivity index (χ1v) is 5.87. The summed E-state index contributed by atoms with van der Waals surface area (Å²) >= 11 is 1.68. The molecule has 0 fully saturated rings. The highest BCUT2D eigenvalue weighted by atomic mass is 32.1. The third-order valence-corrected chi connectivity index (χ3v) is 3.44. The van der Waals surface area contributed by atoms with Crippen molar-refractivity contribution in [2.24, 2.45) is 11.1 Å². The van der Waals surface area contributed by atoms with Gasteiger partial charge in [0, 0.05) is 24.7 Å². The van der Waals surface area contributed by atoms with Crippen molar-refractivity contribution in [1.29, 1.82) is 0 Å². The third-order valence-electron chi connectivity index (χ3n) is 2.66.